The third kappa shape index (κ3) is 5.87. The molecule has 0 N–H and O–H groups in total. The van der Waals surface area contributed by atoms with Gasteiger partial charge in [-0.25, -0.2) is 0 Å². The van der Waals surface area contributed by atoms with E-state index in [0.717, 1.165) is 59.6 Å². The Hall–Kier alpha value is -3.54. The van der Waals surface area contributed by atoms with Crippen molar-refractivity contribution in [3.05, 3.63) is 70.8 Å². The molecule has 6 heteroatoms. The summed E-state index contributed by atoms with van der Waals surface area (Å²) >= 11 is 0. The van der Waals surface area contributed by atoms with E-state index in [0.29, 0.717) is 17.2 Å². The number of rotatable bonds is 12. The topological polar surface area (TPSA) is 55.4 Å². The van der Waals surface area contributed by atoms with Crippen LogP contribution in [0.4, 0.5) is 0 Å². The second-order valence-electron chi connectivity index (χ2n) is 7.86. The van der Waals surface area contributed by atoms with Crippen LogP contribution in [0.5, 0.6) is 34.5 Å². The highest BCUT2D eigenvalue weighted by molar-refractivity contribution is 5.54. The molecule has 3 aromatic carbocycles. The summed E-state index contributed by atoms with van der Waals surface area (Å²) in [6.07, 6.45) is 3.32. The van der Waals surface area contributed by atoms with Crippen molar-refractivity contribution in [2.24, 2.45) is 0 Å². The molecule has 0 fully saturated rings. The third-order valence-corrected chi connectivity index (χ3v) is 5.88. The predicted octanol–water partition coefficient (Wildman–Crippen LogP) is 5.31. The molecular weight excluding hydrogens is 432 g/mol. The SMILES string of the molecule is COc1cc(CCc2cccc(CCc3cc(OC)c(OC)c(OC)c3)c2OC)cc(OC)c1. The molecule has 0 heterocycles. The maximum atomic E-state index is 5.85. The summed E-state index contributed by atoms with van der Waals surface area (Å²) in [7, 11) is 9.93. The van der Waals surface area contributed by atoms with Crippen LogP contribution in [0.1, 0.15) is 22.3 Å². The Bertz CT molecular complexity index is 1040. The fourth-order valence-corrected chi connectivity index (χ4v) is 4.14. The van der Waals surface area contributed by atoms with Crippen LogP contribution in [0, 0.1) is 0 Å². The molecular formula is C28H34O6. The Balaban J connectivity index is 1.78. The van der Waals surface area contributed by atoms with Gasteiger partial charge in [0.25, 0.3) is 0 Å². The van der Waals surface area contributed by atoms with Gasteiger partial charge in [0.1, 0.15) is 17.2 Å². The van der Waals surface area contributed by atoms with Crippen molar-refractivity contribution in [1.29, 1.82) is 0 Å². The number of benzene rings is 3. The van der Waals surface area contributed by atoms with Gasteiger partial charge in [0.2, 0.25) is 5.75 Å². The van der Waals surface area contributed by atoms with Gasteiger partial charge < -0.3 is 28.4 Å². The van der Waals surface area contributed by atoms with Crippen LogP contribution in [0.3, 0.4) is 0 Å². The van der Waals surface area contributed by atoms with Gasteiger partial charge >= 0.3 is 0 Å². The Morgan fingerprint density at radius 3 is 1.35 bits per heavy atom. The van der Waals surface area contributed by atoms with Crippen molar-refractivity contribution >= 4 is 0 Å². The lowest BCUT2D eigenvalue weighted by molar-refractivity contribution is 0.324. The minimum absolute atomic E-state index is 0.600. The van der Waals surface area contributed by atoms with E-state index < -0.39 is 0 Å². The van der Waals surface area contributed by atoms with E-state index in [1.165, 1.54) is 5.56 Å². The Kier molecular flexibility index (Phi) is 8.91. The zero-order valence-corrected chi connectivity index (χ0v) is 20.9. The first-order chi connectivity index (χ1) is 16.6. The van der Waals surface area contributed by atoms with Crippen LogP contribution in [0.15, 0.2) is 48.5 Å². The normalized spacial score (nSPS) is 10.5. The maximum absolute atomic E-state index is 5.85. The Labute approximate surface area is 202 Å². The highest BCUT2D eigenvalue weighted by atomic mass is 16.5. The van der Waals surface area contributed by atoms with Gasteiger partial charge in [0, 0.05) is 6.07 Å². The molecule has 0 spiro atoms. The van der Waals surface area contributed by atoms with E-state index in [4.69, 9.17) is 28.4 Å². The summed E-state index contributed by atoms with van der Waals surface area (Å²) in [6, 6.07) is 16.3. The van der Waals surface area contributed by atoms with Crippen LogP contribution >= 0.6 is 0 Å². The number of methoxy groups -OCH3 is 6. The minimum Gasteiger partial charge on any atom is -0.497 e. The maximum Gasteiger partial charge on any atom is 0.203 e. The molecule has 34 heavy (non-hydrogen) atoms. The highest BCUT2D eigenvalue weighted by Gasteiger charge is 2.15. The summed E-state index contributed by atoms with van der Waals surface area (Å²) in [5.41, 5.74) is 4.59. The largest absolute Gasteiger partial charge is 0.497 e. The number of aryl methyl sites for hydroxylation is 4. The van der Waals surface area contributed by atoms with Crippen molar-refractivity contribution in [1.82, 2.24) is 0 Å². The summed E-state index contributed by atoms with van der Waals surface area (Å²) in [5, 5.41) is 0. The van der Waals surface area contributed by atoms with Gasteiger partial charge in [0.05, 0.1) is 42.7 Å². The molecule has 0 aliphatic carbocycles. The van der Waals surface area contributed by atoms with Gasteiger partial charge in [-0.3, -0.25) is 0 Å². The van der Waals surface area contributed by atoms with E-state index in [2.05, 4.69) is 18.2 Å². The van der Waals surface area contributed by atoms with Crippen LogP contribution in [-0.2, 0) is 25.7 Å². The van der Waals surface area contributed by atoms with Crippen LogP contribution in [-0.4, -0.2) is 42.7 Å². The van der Waals surface area contributed by atoms with E-state index in [1.54, 1.807) is 42.7 Å². The molecule has 0 aliphatic heterocycles. The molecule has 6 nitrogen and oxygen atoms in total. The van der Waals surface area contributed by atoms with Gasteiger partial charge in [-0.1, -0.05) is 18.2 Å². The van der Waals surface area contributed by atoms with Gasteiger partial charge in [0.15, 0.2) is 11.5 Å². The summed E-state index contributed by atoms with van der Waals surface area (Å²) in [5.74, 6) is 4.44. The molecule has 0 amide bonds. The van der Waals surface area contributed by atoms with Crippen LogP contribution < -0.4 is 28.4 Å². The molecule has 0 saturated heterocycles. The monoisotopic (exact) mass is 466 g/mol. The average molecular weight is 467 g/mol. The van der Waals surface area contributed by atoms with E-state index >= 15 is 0 Å². The highest BCUT2D eigenvalue weighted by Crippen LogP contribution is 2.38. The number of hydrogen-bond acceptors (Lipinski definition) is 6. The number of hydrogen-bond donors (Lipinski definition) is 0. The molecule has 3 aromatic rings. The molecule has 0 radical (unpaired) electrons. The lowest BCUT2D eigenvalue weighted by Crippen LogP contribution is -2.02. The molecule has 0 aliphatic rings. The number of ether oxygens (including phenoxy) is 6. The molecule has 0 aromatic heterocycles. The minimum atomic E-state index is 0.600. The predicted molar refractivity (Wildman–Crippen MR) is 133 cm³/mol. The smallest absolute Gasteiger partial charge is 0.203 e. The summed E-state index contributed by atoms with van der Waals surface area (Å²) in [4.78, 5) is 0. The quantitative estimate of drug-likeness (QED) is 0.361. The summed E-state index contributed by atoms with van der Waals surface area (Å²) < 4.78 is 33.1. The van der Waals surface area contributed by atoms with E-state index in [1.807, 2.05) is 30.3 Å². The van der Waals surface area contributed by atoms with Crippen molar-refractivity contribution in [3.8, 4) is 34.5 Å². The molecule has 0 unspecified atom stereocenters. The van der Waals surface area contributed by atoms with Gasteiger partial charge in [-0.2, -0.15) is 0 Å². The zero-order valence-electron chi connectivity index (χ0n) is 20.9. The second-order valence-corrected chi connectivity index (χ2v) is 7.86. The second kappa shape index (κ2) is 12.1. The average Bonchev–Trinajstić information content (AvgIpc) is 2.89. The molecule has 0 atom stereocenters. The van der Waals surface area contributed by atoms with Crippen molar-refractivity contribution in [2.45, 2.75) is 25.7 Å². The van der Waals surface area contributed by atoms with Crippen molar-refractivity contribution < 1.29 is 28.4 Å². The lowest BCUT2D eigenvalue weighted by Gasteiger charge is -2.16. The van der Waals surface area contributed by atoms with Crippen molar-refractivity contribution in [2.75, 3.05) is 42.7 Å². The fraction of sp³-hybridized carbons (Fsp3) is 0.357. The first-order valence-corrected chi connectivity index (χ1v) is 11.2. The molecule has 3 rings (SSSR count). The van der Waals surface area contributed by atoms with Crippen molar-refractivity contribution in [3.63, 3.8) is 0 Å². The van der Waals surface area contributed by atoms with Gasteiger partial charge in [-0.15, -0.1) is 0 Å². The first-order valence-electron chi connectivity index (χ1n) is 11.2. The lowest BCUT2D eigenvalue weighted by atomic mass is 9.97. The molecule has 182 valence electrons. The fourth-order valence-electron chi connectivity index (χ4n) is 4.14. The molecule has 0 saturated carbocycles. The number of para-hydroxylation sites is 1. The molecule has 0 bridgehead atoms. The van der Waals surface area contributed by atoms with Gasteiger partial charge in [-0.05, 0) is 72.2 Å². The Morgan fingerprint density at radius 1 is 0.471 bits per heavy atom. The standard InChI is InChI=1S/C28H34O6/c1-29-23-14-19(15-24(18-23)30-2)10-12-21-8-7-9-22(27(21)33-5)13-11-20-16-25(31-3)28(34-6)26(17-20)32-4/h7-9,14-18H,10-13H2,1-6H3. The zero-order chi connectivity index (χ0) is 24.5. The van der Waals surface area contributed by atoms with E-state index in [9.17, 15) is 0 Å². The summed E-state index contributed by atoms with van der Waals surface area (Å²) in [6.45, 7) is 0. The van der Waals surface area contributed by atoms with Crippen LogP contribution in [0.25, 0.3) is 0 Å². The first kappa shape index (κ1) is 25.1. The third-order valence-electron chi connectivity index (χ3n) is 5.88. The van der Waals surface area contributed by atoms with E-state index in [-0.39, 0.29) is 0 Å². The Morgan fingerprint density at radius 2 is 0.941 bits per heavy atom. The van der Waals surface area contributed by atoms with Crippen LogP contribution in [0.2, 0.25) is 0 Å².